The molecule has 0 aromatic heterocycles. The number of carbonyl (C=O) groups excluding carboxylic acids is 1. The molecule has 0 spiro atoms. The Labute approximate surface area is 126 Å². The van der Waals surface area contributed by atoms with E-state index in [0.717, 1.165) is 25.1 Å². The van der Waals surface area contributed by atoms with Crippen molar-refractivity contribution in [3.05, 3.63) is 71.3 Å². The maximum Gasteiger partial charge on any atom is 0.227 e. The molecule has 0 N–H and O–H groups in total. The van der Waals surface area contributed by atoms with E-state index in [1.807, 2.05) is 23.1 Å². The summed E-state index contributed by atoms with van der Waals surface area (Å²) < 4.78 is 0. The number of carbonyl (C=O) groups is 1. The highest BCUT2D eigenvalue weighted by atomic mass is 16.2. The molecule has 1 unspecified atom stereocenters. The molecule has 0 saturated carbocycles. The van der Waals surface area contributed by atoms with Crippen LogP contribution in [0.2, 0.25) is 0 Å². The summed E-state index contributed by atoms with van der Waals surface area (Å²) in [6.45, 7) is 3.80. The van der Waals surface area contributed by atoms with E-state index >= 15 is 0 Å². The lowest BCUT2D eigenvalue weighted by atomic mass is 9.99. The van der Waals surface area contributed by atoms with Gasteiger partial charge in [0.15, 0.2) is 0 Å². The van der Waals surface area contributed by atoms with Crippen molar-refractivity contribution in [3.8, 4) is 0 Å². The first-order valence-electron chi connectivity index (χ1n) is 7.60. The first kappa shape index (κ1) is 13.9. The van der Waals surface area contributed by atoms with Crippen LogP contribution >= 0.6 is 0 Å². The van der Waals surface area contributed by atoms with Crippen LogP contribution in [0, 0.1) is 6.92 Å². The third-order valence-electron chi connectivity index (χ3n) is 4.25. The SMILES string of the molecule is Cc1cccc(CC(=O)N2CCC(c3ccccc3)C2)c1. The first-order valence-corrected chi connectivity index (χ1v) is 7.60. The molecule has 0 aliphatic carbocycles. The summed E-state index contributed by atoms with van der Waals surface area (Å²) in [7, 11) is 0. The summed E-state index contributed by atoms with van der Waals surface area (Å²) in [5, 5.41) is 0. The quantitative estimate of drug-likeness (QED) is 0.841. The van der Waals surface area contributed by atoms with Crippen molar-refractivity contribution in [2.75, 3.05) is 13.1 Å². The van der Waals surface area contributed by atoms with Crippen LogP contribution in [0.1, 0.15) is 29.0 Å². The average molecular weight is 279 g/mol. The molecular weight excluding hydrogens is 258 g/mol. The van der Waals surface area contributed by atoms with Gasteiger partial charge in [0.05, 0.1) is 6.42 Å². The third-order valence-corrected chi connectivity index (χ3v) is 4.25. The van der Waals surface area contributed by atoms with Gasteiger partial charge in [-0.1, -0.05) is 60.2 Å². The highest BCUT2D eigenvalue weighted by Gasteiger charge is 2.26. The maximum atomic E-state index is 12.4. The normalized spacial score (nSPS) is 18.0. The molecule has 3 rings (SSSR count). The Morgan fingerprint density at radius 2 is 1.95 bits per heavy atom. The number of benzene rings is 2. The van der Waals surface area contributed by atoms with E-state index in [-0.39, 0.29) is 5.91 Å². The Morgan fingerprint density at radius 3 is 2.71 bits per heavy atom. The summed E-state index contributed by atoms with van der Waals surface area (Å²) in [5.41, 5.74) is 3.68. The Morgan fingerprint density at radius 1 is 1.14 bits per heavy atom. The zero-order valence-electron chi connectivity index (χ0n) is 12.5. The minimum atomic E-state index is 0.249. The monoisotopic (exact) mass is 279 g/mol. The molecule has 108 valence electrons. The molecule has 21 heavy (non-hydrogen) atoms. The van der Waals surface area contributed by atoms with Crippen molar-refractivity contribution in [1.82, 2.24) is 4.90 Å². The number of likely N-dealkylation sites (tertiary alicyclic amines) is 1. The third kappa shape index (κ3) is 3.33. The van der Waals surface area contributed by atoms with E-state index in [4.69, 9.17) is 0 Å². The standard InChI is InChI=1S/C19H21NO/c1-15-6-5-7-16(12-15)13-19(21)20-11-10-18(14-20)17-8-3-2-4-9-17/h2-9,12,18H,10-11,13-14H2,1H3. The van der Waals surface area contributed by atoms with Crippen molar-refractivity contribution >= 4 is 5.91 Å². The van der Waals surface area contributed by atoms with Crippen molar-refractivity contribution in [1.29, 1.82) is 0 Å². The fourth-order valence-electron chi connectivity index (χ4n) is 3.09. The topological polar surface area (TPSA) is 20.3 Å². The zero-order chi connectivity index (χ0) is 14.7. The van der Waals surface area contributed by atoms with Crippen molar-refractivity contribution in [2.45, 2.75) is 25.7 Å². The summed E-state index contributed by atoms with van der Waals surface area (Å²) in [6, 6.07) is 18.7. The number of aryl methyl sites for hydroxylation is 1. The van der Waals surface area contributed by atoms with Gasteiger partial charge in [0, 0.05) is 19.0 Å². The maximum absolute atomic E-state index is 12.4. The fourth-order valence-corrected chi connectivity index (χ4v) is 3.09. The molecule has 1 heterocycles. The van der Waals surface area contributed by atoms with Gasteiger partial charge in [-0.05, 0) is 24.5 Å². The molecule has 1 amide bonds. The predicted octanol–water partition coefficient (Wildman–Crippen LogP) is 3.55. The van der Waals surface area contributed by atoms with Gasteiger partial charge in [-0.2, -0.15) is 0 Å². The molecule has 2 aromatic carbocycles. The van der Waals surface area contributed by atoms with Crippen molar-refractivity contribution in [2.24, 2.45) is 0 Å². The Balaban J connectivity index is 1.62. The molecule has 0 radical (unpaired) electrons. The molecule has 1 aliphatic rings. The number of nitrogens with zero attached hydrogens (tertiary/aromatic N) is 1. The molecule has 2 aromatic rings. The van der Waals surface area contributed by atoms with Crippen LogP contribution < -0.4 is 0 Å². The van der Waals surface area contributed by atoms with Gasteiger partial charge in [0.25, 0.3) is 0 Å². The van der Waals surface area contributed by atoms with Crippen LogP contribution in [0.4, 0.5) is 0 Å². The Hall–Kier alpha value is -2.09. The molecule has 1 aliphatic heterocycles. The first-order chi connectivity index (χ1) is 10.2. The predicted molar refractivity (Wildman–Crippen MR) is 85.3 cm³/mol. The lowest BCUT2D eigenvalue weighted by Crippen LogP contribution is -2.29. The lowest BCUT2D eigenvalue weighted by molar-refractivity contribution is -0.129. The summed E-state index contributed by atoms with van der Waals surface area (Å²) in [4.78, 5) is 14.4. The highest BCUT2D eigenvalue weighted by molar-refractivity contribution is 5.79. The van der Waals surface area contributed by atoms with Crippen molar-refractivity contribution < 1.29 is 4.79 Å². The van der Waals surface area contributed by atoms with Crippen LogP contribution in [0.5, 0.6) is 0 Å². The molecule has 1 fully saturated rings. The van der Waals surface area contributed by atoms with Gasteiger partial charge in [0.1, 0.15) is 0 Å². The van der Waals surface area contributed by atoms with E-state index in [9.17, 15) is 4.79 Å². The van der Waals surface area contributed by atoms with Gasteiger partial charge >= 0.3 is 0 Å². The summed E-state index contributed by atoms with van der Waals surface area (Å²) in [5.74, 6) is 0.742. The van der Waals surface area contributed by atoms with Crippen LogP contribution in [-0.2, 0) is 11.2 Å². The minimum absolute atomic E-state index is 0.249. The van der Waals surface area contributed by atoms with Gasteiger partial charge in [-0.3, -0.25) is 4.79 Å². The van der Waals surface area contributed by atoms with Gasteiger partial charge in [-0.15, -0.1) is 0 Å². The Kier molecular flexibility index (Phi) is 4.05. The van der Waals surface area contributed by atoms with E-state index in [0.29, 0.717) is 12.3 Å². The molecular formula is C19H21NO. The van der Waals surface area contributed by atoms with E-state index in [1.54, 1.807) is 0 Å². The van der Waals surface area contributed by atoms with E-state index < -0.39 is 0 Å². The Bertz CT molecular complexity index is 620. The van der Waals surface area contributed by atoms with Crippen LogP contribution in [0.3, 0.4) is 0 Å². The van der Waals surface area contributed by atoms with Crippen LogP contribution in [-0.4, -0.2) is 23.9 Å². The van der Waals surface area contributed by atoms with Gasteiger partial charge in [0.2, 0.25) is 5.91 Å². The number of rotatable bonds is 3. The average Bonchev–Trinajstić information content (AvgIpc) is 2.98. The van der Waals surface area contributed by atoms with Gasteiger partial charge < -0.3 is 4.90 Å². The number of amides is 1. The zero-order valence-corrected chi connectivity index (χ0v) is 12.5. The molecule has 2 nitrogen and oxygen atoms in total. The van der Waals surface area contributed by atoms with Crippen LogP contribution in [0.15, 0.2) is 54.6 Å². The smallest absolute Gasteiger partial charge is 0.227 e. The molecule has 2 heteroatoms. The number of hydrogen-bond acceptors (Lipinski definition) is 1. The second-order valence-electron chi connectivity index (χ2n) is 5.90. The summed E-state index contributed by atoms with van der Waals surface area (Å²) >= 11 is 0. The molecule has 0 bridgehead atoms. The van der Waals surface area contributed by atoms with Crippen LogP contribution in [0.25, 0.3) is 0 Å². The van der Waals surface area contributed by atoms with Crippen molar-refractivity contribution in [3.63, 3.8) is 0 Å². The molecule has 1 atom stereocenters. The van der Waals surface area contributed by atoms with Gasteiger partial charge in [-0.25, -0.2) is 0 Å². The largest absolute Gasteiger partial charge is 0.342 e. The second-order valence-corrected chi connectivity index (χ2v) is 5.90. The number of hydrogen-bond donors (Lipinski definition) is 0. The summed E-state index contributed by atoms with van der Waals surface area (Å²) in [6.07, 6.45) is 1.59. The van der Waals surface area contributed by atoms with E-state index in [1.165, 1.54) is 11.1 Å². The second kappa shape index (κ2) is 6.13. The fraction of sp³-hybridized carbons (Fsp3) is 0.316. The highest BCUT2D eigenvalue weighted by Crippen LogP contribution is 2.27. The minimum Gasteiger partial charge on any atom is -0.342 e. The molecule has 1 saturated heterocycles. The lowest BCUT2D eigenvalue weighted by Gasteiger charge is -2.17. The van der Waals surface area contributed by atoms with E-state index in [2.05, 4.69) is 43.3 Å².